The van der Waals surface area contributed by atoms with Crippen LogP contribution in [0.5, 0.6) is 23.5 Å². The highest BCUT2D eigenvalue weighted by Crippen LogP contribution is 2.35. The van der Waals surface area contributed by atoms with E-state index in [9.17, 15) is 0 Å². The van der Waals surface area contributed by atoms with Gasteiger partial charge in [0.25, 0.3) is 0 Å². The van der Waals surface area contributed by atoms with Crippen LogP contribution in [-0.4, -0.2) is 40.4 Å². The average Bonchev–Trinajstić information content (AvgIpc) is 2.23. The summed E-state index contributed by atoms with van der Waals surface area (Å²) in [5.41, 5.74) is 0. The van der Waals surface area contributed by atoms with Crippen molar-refractivity contribution in [1.82, 2.24) is 19.9 Å². The molecule has 0 spiro atoms. The molecule has 0 unspecified atom stereocenters. The van der Waals surface area contributed by atoms with E-state index in [1.807, 2.05) is 0 Å². The molecule has 2 aromatic heterocycles. The summed E-state index contributed by atoms with van der Waals surface area (Å²) in [6.07, 6.45) is 0. The molecular formula is C8H6N4O4S2. The largest absolute Gasteiger partial charge is 0.493 e. The smallest absolute Gasteiger partial charge is 0.218 e. The van der Waals surface area contributed by atoms with Gasteiger partial charge < -0.3 is 20.4 Å². The minimum atomic E-state index is -0.370. The van der Waals surface area contributed by atoms with Crippen LogP contribution in [0, 0.1) is 0 Å². The summed E-state index contributed by atoms with van der Waals surface area (Å²) in [6.45, 7) is 0. The highest BCUT2D eigenvalue weighted by Gasteiger charge is 2.08. The molecule has 94 valence electrons. The lowest BCUT2D eigenvalue weighted by molar-refractivity contribution is 0.410. The van der Waals surface area contributed by atoms with Gasteiger partial charge in [-0.15, -0.1) is 0 Å². The van der Waals surface area contributed by atoms with E-state index >= 15 is 0 Å². The predicted octanol–water partition coefficient (Wildman–Crippen LogP) is 0.888. The molecule has 2 rings (SSSR count). The molecule has 10 heteroatoms. The number of aromatic nitrogens is 4. The molecule has 4 N–H and O–H groups in total. The number of rotatable bonds is 3. The lowest BCUT2D eigenvalue weighted by Gasteiger charge is -2.01. The van der Waals surface area contributed by atoms with Crippen molar-refractivity contribution in [2.75, 3.05) is 0 Å². The predicted molar refractivity (Wildman–Crippen MR) is 62.4 cm³/mol. The first-order chi connectivity index (χ1) is 8.52. The van der Waals surface area contributed by atoms with Crippen LogP contribution in [0.3, 0.4) is 0 Å². The fourth-order valence-corrected chi connectivity index (χ4v) is 2.52. The van der Waals surface area contributed by atoms with Gasteiger partial charge in [0.2, 0.25) is 33.8 Å². The van der Waals surface area contributed by atoms with Crippen molar-refractivity contribution in [1.29, 1.82) is 0 Å². The molecule has 0 aliphatic carbocycles. The lowest BCUT2D eigenvalue weighted by atomic mass is 10.6. The maximum absolute atomic E-state index is 9.13. The topological polar surface area (TPSA) is 132 Å². The quantitative estimate of drug-likeness (QED) is 0.476. The van der Waals surface area contributed by atoms with E-state index in [0.717, 1.165) is 33.7 Å². The van der Waals surface area contributed by atoms with Gasteiger partial charge in [0.05, 0.1) is 12.1 Å². The monoisotopic (exact) mass is 286 g/mol. The van der Waals surface area contributed by atoms with Crippen molar-refractivity contribution in [3.8, 4) is 23.5 Å². The van der Waals surface area contributed by atoms with Crippen LogP contribution in [0.4, 0.5) is 0 Å². The summed E-state index contributed by atoms with van der Waals surface area (Å²) < 4.78 is 0. The summed E-state index contributed by atoms with van der Waals surface area (Å²) in [6, 6.07) is 1.98. The molecule has 0 saturated carbocycles. The zero-order valence-electron chi connectivity index (χ0n) is 8.55. The van der Waals surface area contributed by atoms with Gasteiger partial charge in [0.1, 0.15) is 0 Å². The zero-order valence-corrected chi connectivity index (χ0v) is 10.2. The molecule has 0 radical (unpaired) electrons. The molecule has 2 aromatic rings. The fourth-order valence-electron chi connectivity index (χ4n) is 0.951. The normalized spacial score (nSPS) is 10.4. The van der Waals surface area contributed by atoms with Gasteiger partial charge in [-0.25, -0.2) is 0 Å². The Labute approximate surface area is 108 Å². The standard InChI is InChI=1S/C8H6N4O4S2/c13-3-1-4(14)10-7(9-3)17-18-8-11-5(15)2-6(16)12-8/h1-2H,(H2,9,10,13,14)(H2,11,12,15,16). The Kier molecular flexibility index (Phi) is 3.58. The molecule has 0 amide bonds. The second-order valence-corrected chi connectivity index (χ2v) is 4.96. The van der Waals surface area contributed by atoms with E-state index in [0.29, 0.717) is 0 Å². The van der Waals surface area contributed by atoms with Crippen LogP contribution >= 0.6 is 21.6 Å². The molecule has 0 fully saturated rings. The van der Waals surface area contributed by atoms with E-state index in [1.54, 1.807) is 0 Å². The van der Waals surface area contributed by atoms with Crippen molar-refractivity contribution < 1.29 is 20.4 Å². The molecule has 8 nitrogen and oxygen atoms in total. The average molecular weight is 286 g/mol. The van der Waals surface area contributed by atoms with Crippen molar-refractivity contribution in [2.45, 2.75) is 10.3 Å². The maximum Gasteiger partial charge on any atom is 0.218 e. The van der Waals surface area contributed by atoms with Gasteiger partial charge >= 0.3 is 0 Å². The van der Waals surface area contributed by atoms with E-state index in [-0.39, 0.29) is 33.8 Å². The fraction of sp³-hybridized carbons (Fsp3) is 0. The van der Waals surface area contributed by atoms with Crippen LogP contribution in [0.25, 0.3) is 0 Å². The van der Waals surface area contributed by atoms with Crippen LogP contribution in [0.1, 0.15) is 0 Å². The van der Waals surface area contributed by atoms with Crippen molar-refractivity contribution >= 4 is 21.6 Å². The molecule has 0 atom stereocenters. The Morgan fingerprint density at radius 1 is 0.611 bits per heavy atom. The second kappa shape index (κ2) is 5.14. The van der Waals surface area contributed by atoms with Crippen LogP contribution in [0.15, 0.2) is 22.4 Å². The minimum Gasteiger partial charge on any atom is -0.493 e. The van der Waals surface area contributed by atoms with Crippen molar-refractivity contribution in [3.63, 3.8) is 0 Å². The Balaban J connectivity index is 2.11. The van der Waals surface area contributed by atoms with Gasteiger partial charge in [-0.2, -0.15) is 19.9 Å². The maximum atomic E-state index is 9.13. The first kappa shape index (κ1) is 12.5. The van der Waals surface area contributed by atoms with Crippen LogP contribution in [0.2, 0.25) is 0 Å². The third-order valence-corrected chi connectivity index (χ3v) is 3.44. The molecule has 0 aliphatic heterocycles. The molecule has 18 heavy (non-hydrogen) atoms. The van der Waals surface area contributed by atoms with Gasteiger partial charge in [0.15, 0.2) is 0 Å². The van der Waals surface area contributed by atoms with Gasteiger partial charge in [-0.3, -0.25) is 0 Å². The molecule has 0 aromatic carbocycles. The van der Waals surface area contributed by atoms with E-state index in [1.165, 1.54) is 0 Å². The first-order valence-corrected chi connectivity index (χ1v) is 6.56. The summed E-state index contributed by atoms with van der Waals surface area (Å²) in [7, 11) is 1.89. The first-order valence-electron chi connectivity index (χ1n) is 4.41. The summed E-state index contributed by atoms with van der Waals surface area (Å²) in [4.78, 5) is 14.6. The van der Waals surface area contributed by atoms with Gasteiger partial charge in [-0.1, -0.05) is 0 Å². The molecular weight excluding hydrogens is 280 g/mol. The minimum absolute atomic E-state index is 0.0870. The Morgan fingerprint density at radius 3 is 1.17 bits per heavy atom. The molecule has 2 heterocycles. The molecule has 0 saturated heterocycles. The van der Waals surface area contributed by atoms with Crippen LogP contribution in [-0.2, 0) is 0 Å². The number of hydrogen-bond donors (Lipinski definition) is 4. The SMILES string of the molecule is Oc1cc(O)nc(SSc2nc(O)cc(O)n2)n1. The zero-order chi connectivity index (χ0) is 13.1. The van der Waals surface area contributed by atoms with Gasteiger partial charge in [0, 0.05) is 0 Å². The molecule has 0 bridgehead atoms. The Bertz CT molecular complexity index is 491. The van der Waals surface area contributed by atoms with E-state index in [4.69, 9.17) is 20.4 Å². The highest BCUT2D eigenvalue weighted by atomic mass is 33.1. The lowest BCUT2D eigenvalue weighted by Crippen LogP contribution is -1.87. The van der Waals surface area contributed by atoms with Gasteiger partial charge in [-0.05, 0) is 21.6 Å². The van der Waals surface area contributed by atoms with E-state index in [2.05, 4.69) is 19.9 Å². The second-order valence-electron chi connectivity index (χ2n) is 2.90. The third kappa shape index (κ3) is 3.28. The third-order valence-electron chi connectivity index (χ3n) is 1.55. The number of nitrogens with zero attached hydrogens (tertiary/aromatic N) is 4. The number of aromatic hydroxyl groups is 4. The Morgan fingerprint density at radius 2 is 0.889 bits per heavy atom. The van der Waals surface area contributed by atoms with E-state index < -0.39 is 0 Å². The van der Waals surface area contributed by atoms with Crippen LogP contribution < -0.4 is 0 Å². The number of hydrogen-bond acceptors (Lipinski definition) is 10. The summed E-state index contributed by atoms with van der Waals surface area (Å²) in [5, 5.41) is 36.7. The molecule has 0 aliphatic rings. The van der Waals surface area contributed by atoms with Crippen molar-refractivity contribution in [2.24, 2.45) is 0 Å². The Hall–Kier alpha value is -1.94. The van der Waals surface area contributed by atoms with Crippen molar-refractivity contribution in [3.05, 3.63) is 12.1 Å². The highest BCUT2D eigenvalue weighted by molar-refractivity contribution is 8.76. The summed E-state index contributed by atoms with van der Waals surface area (Å²) >= 11 is 0. The summed E-state index contributed by atoms with van der Waals surface area (Å²) in [5.74, 6) is -1.48.